The molecule has 4 aromatic rings. The number of ether oxygens (including phenoxy) is 3. The highest BCUT2D eigenvalue weighted by molar-refractivity contribution is 6.36. The summed E-state index contributed by atoms with van der Waals surface area (Å²) in [5.41, 5.74) is 2.02. The number of aliphatic carboxylic acids is 1. The molecule has 0 radical (unpaired) electrons. The van der Waals surface area contributed by atoms with Crippen molar-refractivity contribution >= 4 is 34.8 Å². The molecule has 2 aromatic carbocycles. The number of rotatable bonds is 11. The van der Waals surface area contributed by atoms with Gasteiger partial charge < -0.3 is 30.0 Å². The van der Waals surface area contributed by atoms with Gasteiger partial charge in [-0.05, 0) is 52.3 Å². The molecule has 0 unspecified atom stereocenters. The normalized spacial score (nSPS) is 13.5. The van der Waals surface area contributed by atoms with Crippen molar-refractivity contribution in [1.82, 2.24) is 19.9 Å². The van der Waals surface area contributed by atoms with Crippen molar-refractivity contribution in [2.24, 2.45) is 0 Å². The van der Waals surface area contributed by atoms with Crippen LogP contribution in [-0.4, -0.2) is 56.9 Å². The maximum atomic E-state index is 13.9. The summed E-state index contributed by atoms with van der Waals surface area (Å²) in [7, 11) is 0. The van der Waals surface area contributed by atoms with Crippen molar-refractivity contribution in [3.05, 3.63) is 69.8 Å². The third kappa shape index (κ3) is 7.02. The first-order valence-electron chi connectivity index (χ1n) is 15.1. The quantitative estimate of drug-likeness (QED) is 0.158. The van der Waals surface area contributed by atoms with Gasteiger partial charge in [-0.1, -0.05) is 31.0 Å². The van der Waals surface area contributed by atoms with Gasteiger partial charge in [0, 0.05) is 47.6 Å². The van der Waals surface area contributed by atoms with Crippen molar-refractivity contribution < 1.29 is 33.3 Å². The van der Waals surface area contributed by atoms with Crippen LogP contribution in [0.25, 0.3) is 16.9 Å². The molecule has 0 fully saturated rings. The fourth-order valence-electron chi connectivity index (χ4n) is 5.17. The molecule has 5 rings (SSSR count). The minimum absolute atomic E-state index is 0.0278. The first kappa shape index (κ1) is 33.0. The Morgan fingerprint density at radius 1 is 1.24 bits per heavy atom. The Hall–Kier alpha value is -4.42. The van der Waals surface area contributed by atoms with Gasteiger partial charge in [0.2, 0.25) is 0 Å². The number of hydrogen-bond donors (Lipinski definition) is 3. The molecular weight excluding hydrogens is 617 g/mol. The van der Waals surface area contributed by atoms with Gasteiger partial charge in [-0.3, -0.25) is 4.79 Å². The van der Waals surface area contributed by atoms with E-state index in [2.05, 4.69) is 20.7 Å². The predicted molar refractivity (Wildman–Crippen MR) is 171 cm³/mol. The van der Waals surface area contributed by atoms with E-state index in [4.69, 9.17) is 25.8 Å². The lowest BCUT2D eigenvalue weighted by atomic mass is 9.98. The fraction of sp³-hybridized carbons (Fsp3) is 0.394. The molecule has 1 aliphatic rings. The molecule has 244 valence electrons. The second-order valence-corrected chi connectivity index (χ2v) is 12.3. The molecule has 2 aromatic heterocycles. The number of unbranched alkanes of at least 4 members (excludes halogenated alkanes) is 1. The maximum absolute atomic E-state index is 13.9. The average Bonchev–Trinajstić information content (AvgIpc) is 3.43. The number of carboxylic acids is 1. The predicted octanol–water partition coefficient (Wildman–Crippen LogP) is 6.35. The number of halogens is 2. The van der Waals surface area contributed by atoms with Crippen LogP contribution in [-0.2, 0) is 16.1 Å². The summed E-state index contributed by atoms with van der Waals surface area (Å²) in [6, 6.07) is 9.13. The Kier molecular flexibility index (Phi) is 9.68. The number of aromatic nitrogens is 3. The molecule has 0 spiro atoms. The van der Waals surface area contributed by atoms with E-state index in [0.29, 0.717) is 70.1 Å². The van der Waals surface area contributed by atoms with E-state index in [1.807, 2.05) is 6.92 Å². The summed E-state index contributed by atoms with van der Waals surface area (Å²) in [6.07, 6.45) is 0.290. The molecule has 11 nitrogen and oxygen atoms in total. The van der Waals surface area contributed by atoms with Crippen LogP contribution >= 0.6 is 11.6 Å². The molecule has 1 atom stereocenters. The van der Waals surface area contributed by atoms with Crippen LogP contribution in [0.5, 0.6) is 11.5 Å². The maximum Gasteiger partial charge on any atom is 0.337 e. The van der Waals surface area contributed by atoms with Crippen molar-refractivity contribution in [2.75, 3.05) is 25.1 Å². The number of aryl methyl sites for hydroxylation is 1. The first-order chi connectivity index (χ1) is 21.9. The third-order valence-electron chi connectivity index (χ3n) is 7.26. The van der Waals surface area contributed by atoms with E-state index in [-0.39, 0.29) is 17.8 Å². The summed E-state index contributed by atoms with van der Waals surface area (Å²) >= 11 is 6.95. The van der Waals surface area contributed by atoms with Crippen molar-refractivity contribution in [3.63, 3.8) is 0 Å². The van der Waals surface area contributed by atoms with Gasteiger partial charge in [0.1, 0.15) is 23.9 Å². The van der Waals surface area contributed by atoms with Crippen LogP contribution in [0.15, 0.2) is 36.4 Å². The largest absolute Gasteiger partial charge is 0.493 e. The highest BCUT2D eigenvalue weighted by Gasteiger charge is 2.34. The van der Waals surface area contributed by atoms with E-state index in [1.165, 1.54) is 22.7 Å². The number of nitrogens with zero attached hydrogens (tertiary/aromatic N) is 3. The lowest BCUT2D eigenvalue weighted by molar-refractivity contribution is -0.160. The molecule has 0 aliphatic carbocycles. The summed E-state index contributed by atoms with van der Waals surface area (Å²) in [5.74, 6) is -1.27. The standard InChI is InChI=1S/C33H37ClFN5O6/c1-6-7-13-44-24-15-20(35)9-8-19(24)17-37-31(41)22-16-25-38-18(2)26(30(32(42)43)46-33(3,4)5)29(40(25)39-22)21-10-11-23-28(27(21)34)36-12-14-45-23/h8-11,15-16,30,36H,6-7,12-14,17H2,1-5H3,(H,37,41)(H,42,43)/t30-/m0/s1. The van der Waals surface area contributed by atoms with Crippen LogP contribution in [0.1, 0.15) is 73.9 Å². The highest BCUT2D eigenvalue weighted by atomic mass is 35.5. The van der Waals surface area contributed by atoms with Crippen LogP contribution in [0, 0.1) is 12.7 Å². The number of nitrogens with one attached hydrogen (secondary N) is 2. The lowest BCUT2D eigenvalue weighted by Gasteiger charge is -2.28. The van der Waals surface area contributed by atoms with Gasteiger partial charge in [-0.15, -0.1) is 0 Å². The number of amides is 1. The number of hydrogen-bond acceptors (Lipinski definition) is 8. The monoisotopic (exact) mass is 653 g/mol. The molecule has 46 heavy (non-hydrogen) atoms. The Bertz CT molecular complexity index is 1790. The summed E-state index contributed by atoms with van der Waals surface area (Å²) in [4.78, 5) is 30.7. The molecule has 0 bridgehead atoms. The molecule has 3 heterocycles. The van der Waals surface area contributed by atoms with Crippen molar-refractivity contribution in [2.45, 2.75) is 65.7 Å². The molecular formula is C33H37ClFN5O6. The SMILES string of the molecule is CCCCOc1cc(F)ccc1CNC(=O)c1cc2nc(C)c([C@H](OC(C)(C)C)C(=O)O)c(-c3ccc4c(c3Cl)NCCO4)n2n1. The van der Waals surface area contributed by atoms with E-state index < -0.39 is 29.4 Å². The van der Waals surface area contributed by atoms with Crippen LogP contribution < -0.4 is 20.1 Å². The van der Waals surface area contributed by atoms with E-state index in [0.717, 1.165) is 12.8 Å². The number of carbonyl (C=O) groups is 2. The van der Waals surface area contributed by atoms with E-state index in [1.54, 1.807) is 45.9 Å². The summed E-state index contributed by atoms with van der Waals surface area (Å²) < 4.78 is 32.9. The number of benzene rings is 2. The third-order valence-corrected chi connectivity index (χ3v) is 7.66. The highest BCUT2D eigenvalue weighted by Crippen LogP contribution is 2.44. The molecule has 0 saturated carbocycles. The molecule has 1 amide bonds. The number of anilines is 1. The zero-order valence-electron chi connectivity index (χ0n) is 26.4. The van der Waals surface area contributed by atoms with Gasteiger partial charge >= 0.3 is 5.97 Å². The number of fused-ring (bicyclic) bond motifs is 2. The van der Waals surface area contributed by atoms with Crippen molar-refractivity contribution in [1.29, 1.82) is 0 Å². The van der Waals surface area contributed by atoms with Crippen LogP contribution in [0.4, 0.5) is 10.1 Å². The van der Waals surface area contributed by atoms with Gasteiger partial charge in [0.05, 0.1) is 28.6 Å². The average molecular weight is 654 g/mol. The Labute approximate surface area is 271 Å². The number of carbonyl (C=O) groups excluding carboxylic acids is 1. The topological polar surface area (TPSA) is 136 Å². The minimum atomic E-state index is -1.44. The fourth-order valence-corrected chi connectivity index (χ4v) is 5.48. The lowest BCUT2D eigenvalue weighted by Crippen LogP contribution is -2.29. The van der Waals surface area contributed by atoms with Crippen LogP contribution in [0.3, 0.4) is 0 Å². The van der Waals surface area contributed by atoms with E-state index >= 15 is 0 Å². The molecule has 3 N–H and O–H groups in total. The molecule has 13 heteroatoms. The molecule has 1 aliphatic heterocycles. The summed E-state index contributed by atoms with van der Waals surface area (Å²) in [5, 5.41) is 21.3. The Morgan fingerprint density at radius 3 is 2.74 bits per heavy atom. The second-order valence-electron chi connectivity index (χ2n) is 11.9. The van der Waals surface area contributed by atoms with Crippen molar-refractivity contribution in [3.8, 4) is 22.8 Å². The zero-order chi connectivity index (χ0) is 33.2. The first-order valence-corrected chi connectivity index (χ1v) is 15.5. The van der Waals surface area contributed by atoms with Gasteiger partial charge in [0.25, 0.3) is 5.91 Å². The smallest absolute Gasteiger partial charge is 0.337 e. The summed E-state index contributed by atoms with van der Waals surface area (Å²) in [6.45, 7) is 10.5. The van der Waals surface area contributed by atoms with Gasteiger partial charge in [-0.25, -0.2) is 18.7 Å². The number of carboxylic acid groups (broad SMARTS) is 1. The Balaban J connectivity index is 1.59. The second kappa shape index (κ2) is 13.5. The van der Waals surface area contributed by atoms with Gasteiger partial charge in [-0.2, -0.15) is 5.10 Å². The van der Waals surface area contributed by atoms with Gasteiger partial charge in [0.15, 0.2) is 17.4 Å². The minimum Gasteiger partial charge on any atom is -0.493 e. The van der Waals surface area contributed by atoms with E-state index in [9.17, 15) is 19.1 Å². The molecule has 0 saturated heterocycles. The Morgan fingerprint density at radius 2 is 2.02 bits per heavy atom. The van der Waals surface area contributed by atoms with Crippen LogP contribution in [0.2, 0.25) is 5.02 Å². The zero-order valence-corrected chi connectivity index (χ0v) is 27.1.